The van der Waals surface area contributed by atoms with Crippen LogP contribution in [0.5, 0.6) is 0 Å². The zero-order chi connectivity index (χ0) is 35.8. The van der Waals surface area contributed by atoms with Gasteiger partial charge in [0.05, 0.1) is 8.07 Å². The first-order valence-electron chi connectivity index (χ1n) is 18.7. The maximum absolute atomic E-state index is 13.5. The van der Waals surface area contributed by atoms with Gasteiger partial charge in [-0.05, 0) is 106 Å². The molecule has 3 aromatic heterocycles. The van der Waals surface area contributed by atoms with Crippen molar-refractivity contribution in [1.82, 2.24) is 9.97 Å². The van der Waals surface area contributed by atoms with E-state index in [-0.39, 0.29) is 25.9 Å². The first-order valence-corrected chi connectivity index (χ1v) is 23.0. The number of aromatic nitrogens is 2. The van der Waals surface area contributed by atoms with Crippen LogP contribution in [-0.2, 0) is 26.5 Å². The molecule has 0 spiro atoms. The molecular weight excluding hydrogens is 864 g/mol. The molecule has 2 nitrogen and oxygen atoms in total. The van der Waals surface area contributed by atoms with Gasteiger partial charge in [0.2, 0.25) is 0 Å². The molecule has 53 heavy (non-hydrogen) atoms. The number of nitrogens with zero attached hydrogens (tertiary/aromatic N) is 2. The van der Waals surface area contributed by atoms with E-state index < -0.39 is 8.07 Å². The normalized spacial score (nSPS) is 18.0. The minimum absolute atomic E-state index is 0. The van der Waals surface area contributed by atoms with Crippen molar-refractivity contribution in [3.63, 3.8) is 0 Å². The molecule has 7 aromatic rings. The second-order valence-corrected chi connectivity index (χ2v) is 21.9. The average molecular weight is 909 g/mol. The second kappa shape index (κ2) is 15.9. The third-order valence-electron chi connectivity index (χ3n) is 11.3. The number of thiophene rings is 1. The molecule has 3 aliphatic carbocycles. The van der Waals surface area contributed by atoms with Crippen molar-refractivity contribution in [3.8, 4) is 33.6 Å². The van der Waals surface area contributed by atoms with E-state index in [2.05, 4.69) is 104 Å². The van der Waals surface area contributed by atoms with Gasteiger partial charge < -0.3 is 9.97 Å². The smallest absolute Gasteiger partial charge is 0.123 e. The monoisotopic (exact) mass is 909 g/mol. The molecule has 1 unspecified atom stereocenters. The van der Waals surface area contributed by atoms with Crippen molar-refractivity contribution in [2.24, 2.45) is 17.8 Å². The van der Waals surface area contributed by atoms with Crippen molar-refractivity contribution in [3.05, 3.63) is 139 Å². The molecular formula is C47H45FIrN2SSi-2. The zero-order valence-electron chi connectivity index (χ0n) is 30.9. The molecule has 3 saturated carbocycles. The van der Waals surface area contributed by atoms with E-state index >= 15 is 0 Å². The SMILES string of the molecule is Cc1cc(-c2[c-]cccc2)ncc1[Si](C)(C)C.Fc1ccc(-c2cccc3c2sc2c[c-]c(-c4cc(CC5CC6CCC5CC6)ccn4)cc23)cc1.[Ir]. The molecule has 10 rings (SSSR count). The first-order chi connectivity index (χ1) is 25.2. The summed E-state index contributed by atoms with van der Waals surface area (Å²) in [6.07, 6.45) is 12.4. The fraction of sp³-hybridized carbons (Fsp3) is 0.277. The Labute approximate surface area is 332 Å². The molecule has 0 aliphatic heterocycles. The summed E-state index contributed by atoms with van der Waals surface area (Å²) in [6, 6.07) is 38.9. The van der Waals surface area contributed by atoms with Crippen LogP contribution in [0.4, 0.5) is 4.39 Å². The summed E-state index contributed by atoms with van der Waals surface area (Å²) >= 11 is 1.78. The Hall–Kier alpha value is -3.80. The minimum Gasteiger partial charge on any atom is -0.305 e. The van der Waals surface area contributed by atoms with Gasteiger partial charge in [-0.1, -0.05) is 91.5 Å². The van der Waals surface area contributed by atoms with Gasteiger partial charge in [0.1, 0.15) is 5.82 Å². The van der Waals surface area contributed by atoms with Crippen LogP contribution in [0.1, 0.15) is 43.2 Å². The maximum Gasteiger partial charge on any atom is 0.123 e. The molecule has 3 fully saturated rings. The van der Waals surface area contributed by atoms with Gasteiger partial charge >= 0.3 is 0 Å². The summed E-state index contributed by atoms with van der Waals surface area (Å²) < 4.78 is 15.9. The van der Waals surface area contributed by atoms with Crippen molar-refractivity contribution in [2.45, 2.75) is 65.1 Å². The number of rotatable bonds is 6. The van der Waals surface area contributed by atoms with Gasteiger partial charge in [-0.15, -0.1) is 59.7 Å². The second-order valence-electron chi connectivity index (χ2n) is 15.9. The number of benzene rings is 4. The number of hydrogen-bond acceptors (Lipinski definition) is 3. The van der Waals surface area contributed by atoms with Gasteiger partial charge in [0.25, 0.3) is 0 Å². The van der Waals surface area contributed by atoms with Crippen molar-refractivity contribution < 1.29 is 24.5 Å². The molecule has 1 atom stereocenters. The van der Waals surface area contributed by atoms with E-state index in [0.717, 1.165) is 51.4 Å². The Morgan fingerprint density at radius 2 is 1.60 bits per heavy atom. The Morgan fingerprint density at radius 3 is 2.30 bits per heavy atom. The number of halogens is 1. The first kappa shape index (κ1) is 37.5. The third kappa shape index (κ3) is 8.17. The molecule has 4 aromatic carbocycles. The van der Waals surface area contributed by atoms with Crippen LogP contribution in [0.25, 0.3) is 53.8 Å². The summed E-state index contributed by atoms with van der Waals surface area (Å²) in [5.74, 6) is 2.53. The zero-order valence-corrected chi connectivity index (χ0v) is 35.1. The van der Waals surface area contributed by atoms with Crippen LogP contribution in [0, 0.1) is 42.6 Å². The fourth-order valence-electron chi connectivity index (χ4n) is 8.61. The van der Waals surface area contributed by atoms with Gasteiger partial charge in [0, 0.05) is 37.2 Å². The quantitative estimate of drug-likeness (QED) is 0.123. The van der Waals surface area contributed by atoms with Crippen LogP contribution < -0.4 is 5.19 Å². The third-order valence-corrected chi connectivity index (χ3v) is 14.6. The fourth-order valence-corrected chi connectivity index (χ4v) is 11.5. The van der Waals surface area contributed by atoms with Crippen LogP contribution in [-0.4, -0.2) is 18.0 Å². The Kier molecular flexibility index (Phi) is 11.2. The van der Waals surface area contributed by atoms with E-state index in [4.69, 9.17) is 4.98 Å². The van der Waals surface area contributed by atoms with Crippen LogP contribution in [0.15, 0.2) is 109 Å². The molecule has 0 N–H and O–H groups in total. The Balaban J connectivity index is 0.000000205. The van der Waals surface area contributed by atoms with Crippen molar-refractivity contribution >= 4 is 44.8 Å². The van der Waals surface area contributed by atoms with E-state index in [0.29, 0.717) is 0 Å². The van der Waals surface area contributed by atoms with Crippen LogP contribution >= 0.6 is 11.3 Å². The van der Waals surface area contributed by atoms with Crippen LogP contribution in [0.2, 0.25) is 19.6 Å². The predicted octanol–water partition coefficient (Wildman–Crippen LogP) is 12.5. The molecule has 271 valence electrons. The maximum atomic E-state index is 13.5. The number of hydrogen-bond donors (Lipinski definition) is 0. The van der Waals surface area contributed by atoms with E-state index in [1.165, 1.54) is 87.1 Å². The summed E-state index contributed by atoms with van der Waals surface area (Å²) in [4.78, 5) is 9.31. The molecule has 1 radical (unpaired) electrons. The molecule has 0 saturated heterocycles. The number of pyridine rings is 2. The molecule has 3 aliphatic rings. The average Bonchev–Trinajstić information content (AvgIpc) is 3.54. The summed E-state index contributed by atoms with van der Waals surface area (Å²) in [7, 11) is -1.27. The van der Waals surface area contributed by atoms with Gasteiger partial charge in [-0.2, -0.15) is 11.3 Å². The molecule has 3 heterocycles. The summed E-state index contributed by atoms with van der Waals surface area (Å²) in [6.45, 7) is 9.24. The standard InChI is InChI=1S/C32H27FNS.C15H18NSi.Ir/c33-26-11-8-23(9-12-26)27-2-1-3-28-29-19-24(10-13-31(29)35-32(27)28)30-18-21(14-15-34-30)17-25-16-20-4-6-22(25)7-5-20;1-12-10-14(13-8-6-5-7-9-13)16-11-15(12)17(2,3)4;/h1-3,8-9,11-15,18-20,22,25H,4-7,16-17H2;5-8,10-11H,1-4H3;/q2*-1;. The van der Waals surface area contributed by atoms with Gasteiger partial charge in [-0.3, -0.25) is 0 Å². The van der Waals surface area contributed by atoms with Crippen molar-refractivity contribution in [1.29, 1.82) is 0 Å². The van der Waals surface area contributed by atoms with Gasteiger partial charge in [-0.25, -0.2) is 4.39 Å². The van der Waals surface area contributed by atoms with Crippen molar-refractivity contribution in [2.75, 3.05) is 0 Å². The summed E-state index contributed by atoms with van der Waals surface area (Å²) in [5, 5.41) is 3.91. The number of fused-ring (bicyclic) bond motifs is 6. The topological polar surface area (TPSA) is 25.8 Å². The van der Waals surface area contributed by atoms with Gasteiger partial charge in [0.15, 0.2) is 0 Å². The van der Waals surface area contributed by atoms with E-state index in [1.807, 2.05) is 36.5 Å². The van der Waals surface area contributed by atoms with Crippen LogP contribution in [0.3, 0.4) is 0 Å². The molecule has 0 amide bonds. The predicted molar refractivity (Wildman–Crippen MR) is 220 cm³/mol. The minimum atomic E-state index is -1.27. The number of aryl methyl sites for hydroxylation is 1. The molecule has 6 heteroatoms. The largest absolute Gasteiger partial charge is 0.305 e. The van der Waals surface area contributed by atoms with E-state index in [1.54, 1.807) is 11.3 Å². The Bertz CT molecular complexity index is 2340. The van der Waals surface area contributed by atoms with E-state index in [9.17, 15) is 4.39 Å². The Morgan fingerprint density at radius 1 is 0.811 bits per heavy atom. The molecule has 2 bridgehead atoms. The summed E-state index contributed by atoms with van der Waals surface area (Å²) in [5.41, 5.74) is 9.10.